The van der Waals surface area contributed by atoms with Crippen molar-refractivity contribution in [1.82, 2.24) is 24.3 Å². The molecular formula is C17H23N5O2. The van der Waals surface area contributed by atoms with Crippen LogP contribution < -0.4 is 4.74 Å². The number of aromatic nitrogens is 3. The van der Waals surface area contributed by atoms with Crippen LogP contribution in [0.5, 0.6) is 5.75 Å². The lowest BCUT2D eigenvalue weighted by atomic mass is 10.1. The van der Waals surface area contributed by atoms with Crippen LogP contribution in [0.1, 0.15) is 18.8 Å². The van der Waals surface area contributed by atoms with Crippen LogP contribution in [0.25, 0.3) is 0 Å². The number of hydrogen-bond donors (Lipinski definition) is 0. The first-order valence-corrected chi connectivity index (χ1v) is 8.21. The van der Waals surface area contributed by atoms with E-state index < -0.39 is 0 Å². The van der Waals surface area contributed by atoms with Gasteiger partial charge < -0.3 is 14.2 Å². The van der Waals surface area contributed by atoms with Gasteiger partial charge in [0.1, 0.15) is 11.6 Å². The summed E-state index contributed by atoms with van der Waals surface area (Å²) in [6.45, 7) is 5.29. The number of nitrogens with zero attached hydrogens (tertiary/aromatic N) is 5. The predicted octanol–water partition coefficient (Wildman–Crippen LogP) is 1.10. The van der Waals surface area contributed by atoms with Gasteiger partial charge in [-0.2, -0.15) is 0 Å². The molecule has 3 rings (SSSR count). The molecule has 24 heavy (non-hydrogen) atoms. The Labute approximate surface area is 141 Å². The molecule has 1 fully saturated rings. The summed E-state index contributed by atoms with van der Waals surface area (Å²) in [6, 6.07) is 3.70. The van der Waals surface area contributed by atoms with Crippen molar-refractivity contribution < 1.29 is 9.53 Å². The molecule has 0 bridgehead atoms. The Kier molecular flexibility index (Phi) is 5.10. The minimum Gasteiger partial charge on any atom is -0.482 e. The lowest BCUT2D eigenvalue weighted by Crippen LogP contribution is -2.52. The zero-order valence-electron chi connectivity index (χ0n) is 14.1. The van der Waals surface area contributed by atoms with E-state index in [4.69, 9.17) is 4.74 Å². The zero-order valence-corrected chi connectivity index (χ0v) is 14.1. The average Bonchev–Trinajstić information content (AvgIpc) is 3.05. The maximum Gasteiger partial charge on any atom is 0.260 e. The van der Waals surface area contributed by atoms with Crippen LogP contribution in [-0.2, 0) is 11.8 Å². The standard InChI is InChI=1S/C17H23N5O2/c1-3-21-9-10-22(12-15(21)17-19-7-8-20(17)2)16(23)13-24-14-5-4-6-18-11-14/h4-8,11,15H,3,9-10,12-13H2,1-2H3/t15-/m0/s1. The van der Waals surface area contributed by atoms with Crippen LogP contribution in [0.3, 0.4) is 0 Å². The van der Waals surface area contributed by atoms with Crippen LogP contribution in [0, 0.1) is 0 Å². The van der Waals surface area contributed by atoms with Crippen molar-refractivity contribution in [2.75, 3.05) is 32.8 Å². The van der Waals surface area contributed by atoms with Crippen LogP contribution in [0.15, 0.2) is 36.9 Å². The van der Waals surface area contributed by atoms with E-state index in [9.17, 15) is 4.79 Å². The maximum absolute atomic E-state index is 12.5. The molecule has 0 radical (unpaired) electrons. The monoisotopic (exact) mass is 329 g/mol. The quantitative estimate of drug-likeness (QED) is 0.822. The van der Waals surface area contributed by atoms with Gasteiger partial charge in [-0.1, -0.05) is 6.92 Å². The van der Waals surface area contributed by atoms with Crippen molar-refractivity contribution in [2.24, 2.45) is 7.05 Å². The SMILES string of the molecule is CCN1CCN(C(=O)COc2cccnc2)C[C@H]1c1nccn1C. The summed E-state index contributed by atoms with van der Waals surface area (Å²) in [6.07, 6.45) is 7.03. The predicted molar refractivity (Wildman–Crippen MR) is 89.5 cm³/mol. The van der Waals surface area contributed by atoms with Crippen LogP contribution >= 0.6 is 0 Å². The van der Waals surface area contributed by atoms with Gasteiger partial charge >= 0.3 is 0 Å². The molecule has 1 atom stereocenters. The summed E-state index contributed by atoms with van der Waals surface area (Å²) < 4.78 is 7.56. The molecule has 1 amide bonds. The number of ether oxygens (including phenoxy) is 1. The van der Waals surface area contributed by atoms with E-state index in [1.54, 1.807) is 30.7 Å². The molecule has 0 spiro atoms. The Hall–Kier alpha value is -2.41. The van der Waals surface area contributed by atoms with Gasteiger partial charge in [0, 0.05) is 45.3 Å². The molecular weight excluding hydrogens is 306 g/mol. The highest BCUT2D eigenvalue weighted by molar-refractivity contribution is 5.78. The number of carbonyl (C=O) groups excluding carboxylic acids is 1. The Balaban J connectivity index is 1.64. The van der Waals surface area contributed by atoms with Gasteiger partial charge in [-0.15, -0.1) is 0 Å². The first-order chi connectivity index (χ1) is 11.7. The molecule has 0 unspecified atom stereocenters. The molecule has 2 aromatic rings. The Morgan fingerprint density at radius 3 is 2.92 bits per heavy atom. The summed E-state index contributed by atoms with van der Waals surface area (Å²) in [5.41, 5.74) is 0. The molecule has 0 aromatic carbocycles. The van der Waals surface area contributed by atoms with Gasteiger partial charge in [0.05, 0.1) is 12.2 Å². The molecule has 0 N–H and O–H groups in total. The van der Waals surface area contributed by atoms with Gasteiger partial charge in [-0.25, -0.2) is 4.98 Å². The Morgan fingerprint density at radius 2 is 2.25 bits per heavy atom. The number of carbonyl (C=O) groups is 1. The van der Waals surface area contributed by atoms with E-state index in [0.29, 0.717) is 18.8 Å². The largest absolute Gasteiger partial charge is 0.482 e. The molecule has 7 nitrogen and oxygen atoms in total. The summed E-state index contributed by atoms with van der Waals surface area (Å²) in [4.78, 5) is 25.2. The van der Waals surface area contributed by atoms with Crippen molar-refractivity contribution in [2.45, 2.75) is 13.0 Å². The molecule has 1 saturated heterocycles. The summed E-state index contributed by atoms with van der Waals surface area (Å²) in [5, 5.41) is 0. The van der Waals surface area contributed by atoms with E-state index in [2.05, 4.69) is 21.8 Å². The number of aryl methyl sites for hydroxylation is 1. The molecule has 1 aliphatic rings. The molecule has 1 aliphatic heterocycles. The third kappa shape index (κ3) is 3.56. The molecule has 3 heterocycles. The van der Waals surface area contributed by atoms with Gasteiger partial charge in [-0.05, 0) is 18.7 Å². The normalized spacial score (nSPS) is 18.6. The average molecular weight is 329 g/mol. The number of rotatable bonds is 5. The van der Waals surface area contributed by atoms with E-state index in [-0.39, 0.29) is 18.6 Å². The Bertz CT molecular complexity index is 673. The highest BCUT2D eigenvalue weighted by Crippen LogP contribution is 2.23. The molecule has 2 aromatic heterocycles. The van der Waals surface area contributed by atoms with E-state index >= 15 is 0 Å². The van der Waals surface area contributed by atoms with Crippen molar-refractivity contribution >= 4 is 5.91 Å². The second-order valence-corrected chi connectivity index (χ2v) is 5.86. The minimum atomic E-state index is -0.00573. The van der Waals surface area contributed by atoms with Crippen molar-refractivity contribution in [3.8, 4) is 5.75 Å². The van der Waals surface area contributed by atoms with Gasteiger partial charge in [0.2, 0.25) is 0 Å². The molecule has 0 aliphatic carbocycles. The second-order valence-electron chi connectivity index (χ2n) is 5.86. The van der Waals surface area contributed by atoms with E-state index in [1.165, 1.54) is 0 Å². The Morgan fingerprint density at radius 1 is 1.38 bits per heavy atom. The maximum atomic E-state index is 12.5. The van der Waals surface area contributed by atoms with Gasteiger partial charge in [0.25, 0.3) is 5.91 Å². The lowest BCUT2D eigenvalue weighted by molar-refractivity contribution is -0.136. The van der Waals surface area contributed by atoms with Gasteiger partial charge in [0.15, 0.2) is 6.61 Å². The fraction of sp³-hybridized carbons (Fsp3) is 0.471. The number of pyridine rings is 1. The third-order valence-corrected chi connectivity index (χ3v) is 4.40. The van der Waals surface area contributed by atoms with Crippen molar-refractivity contribution in [1.29, 1.82) is 0 Å². The van der Waals surface area contributed by atoms with Crippen LogP contribution in [-0.4, -0.2) is 63.0 Å². The third-order valence-electron chi connectivity index (χ3n) is 4.40. The first kappa shape index (κ1) is 16.4. The highest BCUT2D eigenvalue weighted by atomic mass is 16.5. The topological polar surface area (TPSA) is 63.5 Å². The molecule has 7 heteroatoms. The van der Waals surface area contributed by atoms with Crippen molar-refractivity contribution in [3.63, 3.8) is 0 Å². The number of likely N-dealkylation sites (N-methyl/N-ethyl adjacent to an activating group) is 1. The summed E-state index contributed by atoms with van der Waals surface area (Å²) in [7, 11) is 1.99. The smallest absolute Gasteiger partial charge is 0.260 e. The highest BCUT2D eigenvalue weighted by Gasteiger charge is 2.31. The molecule has 0 saturated carbocycles. The second kappa shape index (κ2) is 7.44. The van der Waals surface area contributed by atoms with E-state index in [0.717, 1.165) is 18.9 Å². The van der Waals surface area contributed by atoms with E-state index in [1.807, 2.05) is 22.7 Å². The number of amides is 1. The van der Waals surface area contributed by atoms with Crippen LogP contribution in [0.4, 0.5) is 0 Å². The molecule has 128 valence electrons. The zero-order chi connectivity index (χ0) is 16.9. The summed E-state index contributed by atoms with van der Waals surface area (Å²) >= 11 is 0. The summed E-state index contributed by atoms with van der Waals surface area (Å²) in [5.74, 6) is 1.59. The fourth-order valence-corrected chi connectivity index (χ4v) is 3.04. The van der Waals surface area contributed by atoms with Crippen LogP contribution in [0.2, 0.25) is 0 Å². The lowest BCUT2D eigenvalue weighted by Gasteiger charge is -2.40. The number of hydrogen-bond acceptors (Lipinski definition) is 5. The first-order valence-electron chi connectivity index (χ1n) is 8.21. The minimum absolute atomic E-state index is 0.00573. The fourth-order valence-electron chi connectivity index (χ4n) is 3.04. The van der Waals surface area contributed by atoms with Gasteiger partial charge in [-0.3, -0.25) is 14.7 Å². The van der Waals surface area contributed by atoms with Crippen molar-refractivity contribution in [3.05, 3.63) is 42.7 Å². The number of piperazine rings is 1. The number of imidazole rings is 1.